The average Bonchev–Trinajstić information content (AvgIpc) is 3.33. The van der Waals surface area contributed by atoms with Gasteiger partial charge in [0.2, 0.25) is 6.41 Å². The third kappa shape index (κ3) is 8.01. The second-order valence-electron chi connectivity index (χ2n) is 9.45. The van der Waals surface area contributed by atoms with Crippen LogP contribution in [-0.2, 0) is 16.0 Å². The molecule has 0 fully saturated rings. The monoisotopic (exact) mass is 550 g/mol. The van der Waals surface area contributed by atoms with E-state index in [4.69, 9.17) is 26.2 Å². The van der Waals surface area contributed by atoms with Crippen molar-refractivity contribution in [3.8, 4) is 5.75 Å². The van der Waals surface area contributed by atoms with Crippen LogP contribution >= 0.6 is 11.6 Å². The van der Waals surface area contributed by atoms with Crippen molar-refractivity contribution in [3.63, 3.8) is 0 Å². The number of ether oxygens (including phenoxy) is 2. The van der Waals surface area contributed by atoms with Gasteiger partial charge in [0.05, 0.1) is 19.8 Å². The van der Waals surface area contributed by atoms with Gasteiger partial charge >= 0.3 is 0 Å². The minimum Gasteiger partial charge on any atom is -0.497 e. The number of rotatable bonds is 11. The second-order valence-corrected chi connectivity index (χ2v) is 9.89. The van der Waals surface area contributed by atoms with Gasteiger partial charge in [0, 0.05) is 41.2 Å². The molecule has 7 heteroatoms. The van der Waals surface area contributed by atoms with Crippen molar-refractivity contribution in [2.45, 2.75) is 39.2 Å². The number of methoxy groups -OCH3 is 1. The van der Waals surface area contributed by atoms with Gasteiger partial charge in [-0.05, 0) is 65.9 Å². The van der Waals surface area contributed by atoms with Crippen LogP contribution in [0.1, 0.15) is 49.6 Å². The first-order chi connectivity index (χ1) is 18.9. The smallest absolute Gasteiger partial charge is 0.210 e. The number of fused-ring (bicyclic) bond motifs is 3. The third-order valence-electron chi connectivity index (χ3n) is 6.78. The molecule has 1 aliphatic rings. The number of nitrogens with zero attached hydrogens (tertiary/aromatic N) is 1. The van der Waals surface area contributed by atoms with Crippen LogP contribution in [0.3, 0.4) is 0 Å². The third-order valence-corrected chi connectivity index (χ3v) is 7.01. The maximum absolute atomic E-state index is 11.7. The van der Waals surface area contributed by atoms with E-state index in [9.17, 15) is 4.79 Å². The summed E-state index contributed by atoms with van der Waals surface area (Å²) in [6.07, 6.45) is 11.2. The molecule has 2 aromatic carbocycles. The highest BCUT2D eigenvalue weighted by Crippen LogP contribution is 2.38. The quantitative estimate of drug-likeness (QED) is 0.117. The molecule has 0 bridgehead atoms. The van der Waals surface area contributed by atoms with Gasteiger partial charge in [0.25, 0.3) is 0 Å². The van der Waals surface area contributed by atoms with E-state index in [0.717, 1.165) is 52.9 Å². The zero-order valence-electron chi connectivity index (χ0n) is 23.0. The van der Waals surface area contributed by atoms with Crippen LogP contribution < -0.4 is 4.74 Å². The Morgan fingerprint density at radius 1 is 1.28 bits per heavy atom. The Bertz CT molecular complexity index is 1280. The van der Waals surface area contributed by atoms with Crippen molar-refractivity contribution in [3.05, 3.63) is 101 Å². The molecule has 1 aromatic heterocycles. The number of allylic oxidation sites excluding steroid dienone is 4. The lowest BCUT2D eigenvalue weighted by atomic mass is 9.93. The molecular weight excluding hydrogens is 512 g/mol. The van der Waals surface area contributed by atoms with E-state index in [1.807, 2.05) is 59.5 Å². The number of H-pyrrole nitrogens is 1. The largest absolute Gasteiger partial charge is 0.497 e. The number of aromatic nitrogens is 1. The molecule has 0 saturated heterocycles. The van der Waals surface area contributed by atoms with E-state index in [1.165, 1.54) is 5.56 Å². The van der Waals surface area contributed by atoms with E-state index in [0.29, 0.717) is 30.5 Å². The fourth-order valence-corrected chi connectivity index (χ4v) is 4.63. The minimum atomic E-state index is -0.163. The normalized spacial score (nSPS) is 15.9. The predicted molar refractivity (Wildman–Crippen MR) is 159 cm³/mol. The zero-order chi connectivity index (χ0) is 28.2. The van der Waals surface area contributed by atoms with Crippen LogP contribution in [0.15, 0.2) is 79.1 Å². The van der Waals surface area contributed by atoms with Gasteiger partial charge in [-0.25, -0.2) is 0 Å². The summed E-state index contributed by atoms with van der Waals surface area (Å²) >= 11 is 6.19. The van der Waals surface area contributed by atoms with Crippen LogP contribution in [-0.4, -0.2) is 48.3 Å². The van der Waals surface area contributed by atoms with Crippen LogP contribution in [0.2, 0.25) is 5.02 Å². The maximum Gasteiger partial charge on any atom is 0.210 e. The van der Waals surface area contributed by atoms with E-state index >= 15 is 0 Å². The topological polar surface area (TPSA) is 74.8 Å². The van der Waals surface area contributed by atoms with Crippen molar-refractivity contribution in [1.82, 2.24) is 9.88 Å². The first-order valence-electron chi connectivity index (χ1n) is 13.3. The first-order valence-corrected chi connectivity index (χ1v) is 13.7. The molecule has 1 aliphatic heterocycles. The van der Waals surface area contributed by atoms with Gasteiger partial charge in [0.15, 0.2) is 0 Å². The van der Waals surface area contributed by atoms with Crippen LogP contribution in [0.5, 0.6) is 5.75 Å². The zero-order valence-corrected chi connectivity index (χ0v) is 23.8. The van der Waals surface area contributed by atoms with Gasteiger partial charge in [-0.3, -0.25) is 4.79 Å². The fraction of sp³-hybridized carbons (Fsp3) is 0.344. The van der Waals surface area contributed by atoms with Gasteiger partial charge in [-0.15, -0.1) is 0 Å². The summed E-state index contributed by atoms with van der Waals surface area (Å²) < 4.78 is 10.7. The van der Waals surface area contributed by atoms with E-state index < -0.39 is 0 Å². The molecule has 2 N–H and O–H groups in total. The molecule has 0 aliphatic carbocycles. The van der Waals surface area contributed by atoms with Gasteiger partial charge < -0.3 is 24.5 Å². The molecule has 2 heterocycles. The van der Waals surface area contributed by atoms with Crippen molar-refractivity contribution < 1.29 is 19.4 Å². The van der Waals surface area contributed by atoms with Gasteiger partial charge in [0.1, 0.15) is 11.5 Å². The van der Waals surface area contributed by atoms with Crippen LogP contribution in [0.25, 0.3) is 10.9 Å². The number of hydrogen-bond acceptors (Lipinski definition) is 4. The number of carbonyl (C=O) groups excluding carboxylic acids is 1. The molecule has 208 valence electrons. The molecule has 39 heavy (non-hydrogen) atoms. The number of halogens is 1. The molecule has 4 rings (SSSR count). The lowest BCUT2D eigenvalue weighted by Gasteiger charge is -2.33. The molecule has 6 nitrogen and oxygen atoms in total. The summed E-state index contributed by atoms with van der Waals surface area (Å²) in [6.45, 7) is 9.20. The molecule has 0 saturated carbocycles. The summed E-state index contributed by atoms with van der Waals surface area (Å²) in [7, 11) is 1.66. The number of aliphatic hydroxyl groups is 1. The standard InChI is InChI=1S/C21H21ClN2O3.C11H18O/c22-15-4-7-19-18(12-15)17-8-9-24(13-26)21(20(17)23-19)14-2-5-16(6-3-14)27-11-1-10-25;1-5-7-11(12-4)9-8-10(3)6-2/h2-7,12-13,21,23,25H,1,8-11H2;5,7-10H,1,6H2,2-4H3/b;9-8-,11-7+. The number of hydrogen-bond donors (Lipinski definition) is 2. The Morgan fingerprint density at radius 3 is 2.69 bits per heavy atom. The molecule has 0 spiro atoms. The summed E-state index contributed by atoms with van der Waals surface area (Å²) in [5.74, 6) is 2.21. The Kier molecular flexibility index (Phi) is 11.7. The number of amides is 1. The van der Waals surface area contributed by atoms with Gasteiger partial charge in [-0.2, -0.15) is 0 Å². The van der Waals surface area contributed by atoms with Gasteiger partial charge in [-0.1, -0.05) is 62.7 Å². The lowest BCUT2D eigenvalue weighted by molar-refractivity contribution is -0.120. The highest BCUT2D eigenvalue weighted by atomic mass is 35.5. The van der Waals surface area contributed by atoms with Crippen molar-refractivity contribution in [2.24, 2.45) is 5.92 Å². The number of carbonyl (C=O) groups is 1. The predicted octanol–water partition coefficient (Wildman–Crippen LogP) is 6.99. The summed E-state index contributed by atoms with van der Waals surface area (Å²) in [4.78, 5) is 17.0. The number of aliphatic hydroxyl groups excluding tert-OH is 1. The highest BCUT2D eigenvalue weighted by molar-refractivity contribution is 6.31. The molecule has 0 radical (unpaired) electrons. The number of nitrogens with one attached hydrogen (secondary N) is 1. The Balaban J connectivity index is 0.000000298. The first kappa shape index (κ1) is 30.1. The van der Waals surface area contributed by atoms with E-state index in [-0.39, 0.29) is 12.6 Å². The molecular formula is C32H39ClN2O4. The van der Waals surface area contributed by atoms with Crippen LogP contribution in [0, 0.1) is 5.92 Å². The highest BCUT2D eigenvalue weighted by Gasteiger charge is 2.31. The van der Waals surface area contributed by atoms with Crippen molar-refractivity contribution in [2.75, 3.05) is 26.9 Å². The fourth-order valence-electron chi connectivity index (χ4n) is 4.45. The molecule has 1 amide bonds. The summed E-state index contributed by atoms with van der Waals surface area (Å²) in [5.41, 5.74) is 4.32. The Morgan fingerprint density at radius 2 is 2.05 bits per heavy atom. The average molecular weight is 551 g/mol. The lowest BCUT2D eigenvalue weighted by Crippen LogP contribution is -2.34. The van der Waals surface area contributed by atoms with Crippen LogP contribution in [0.4, 0.5) is 0 Å². The van der Waals surface area contributed by atoms with Crippen molar-refractivity contribution in [1.29, 1.82) is 0 Å². The van der Waals surface area contributed by atoms with Crippen molar-refractivity contribution >= 4 is 28.9 Å². The Labute approximate surface area is 236 Å². The van der Waals surface area contributed by atoms with E-state index in [2.05, 4.69) is 31.5 Å². The second kappa shape index (κ2) is 15.2. The Hall–Kier alpha value is -3.48. The summed E-state index contributed by atoms with van der Waals surface area (Å²) in [5, 5.41) is 10.7. The summed E-state index contributed by atoms with van der Waals surface area (Å²) in [6, 6.07) is 13.5. The SMILES string of the molecule is C=C/C=C(\C=C/C(C)CC)OC.O=CN1CCc2c([nH]c3ccc(Cl)cc23)C1c1ccc(OCCCO)cc1. The number of aromatic amines is 1. The molecule has 2 atom stereocenters. The van der Waals surface area contributed by atoms with E-state index in [1.54, 1.807) is 13.2 Å². The molecule has 3 aromatic rings. The maximum atomic E-state index is 11.7. The number of benzene rings is 2. The molecule has 2 unspecified atom stereocenters. The minimum absolute atomic E-state index is 0.113.